The fourth-order valence-electron chi connectivity index (χ4n) is 4.08. The molecule has 0 aliphatic heterocycles. The number of hydrogen-bond acceptors (Lipinski definition) is 6. The molecule has 41 heavy (non-hydrogen) atoms. The van der Waals surface area contributed by atoms with E-state index < -0.39 is 28.5 Å². The van der Waals surface area contributed by atoms with Crippen molar-refractivity contribution in [3.05, 3.63) is 83.4 Å². The molecule has 0 spiro atoms. The molecule has 2 atom stereocenters. The van der Waals surface area contributed by atoms with Gasteiger partial charge >= 0.3 is 0 Å². The maximum atomic E-state index is 14.1. The molecule has 3 rings (SSSR count). The van der Waals surface area contributed by atoms with Crippen LogP contribution in [-0.2, 0) is 26.2 Å². The van der Waals surface area contributed by atoms with Crippen LogP contribution in [0.15, 0.2) is 77.7 Å². The Kier molecular flexibility index (Phi) is 11.0. The Labute approximate surface area is 247 Å². The first-order chi connectivity index (χ1) is 19.5. The number of sulfonamides is 1. The zero-order valence-corrected chi connectivity index (χ0v) is 25.4. The Morgan fingerprint density at radius 3 is 2.22 bits per heavy atom. The van der Waals surface area contributed by atoms with Crippen molar-refractivity contribution in [2.75, 3.05) is 25.1 Å². The Morgan fingerprint density at radius 1 is 0.951 bits per heavy atom. The van der Waals surface area contributed by atoms with Gasteiger partial charge in [0, 0.05) is 23.7 Å². The van der Waals surface area contributed by atoms with Crippen molar-refractivity contribution in [2.45, 2.75) is 50.7 Å². The van der Waals surface area contributed by atoms with E-state index in [2.05, 4.69) is 5.32 Å². The molecule has 0 radical (unpaired) electrons. The number of methoxy groups -OCH3 is 2. The fourth-order valence-corrected chi connectivity index (χ4v) is 5.72. The third kappa shape index (κ3) is 7.71. The zero-order chi connectivity index (χ0) is 30.2. The van der Waals surface area contributed by atoms with Gasteiger partial charge in [-0.2, -0.15) is 0 Å². The van der Waals surface area contributed by atoms with E-state index in [1.165, 1.54) is 37.3 Å². The minimum Gasteiger partial charge on any atom is -0.497 e. The number of halogens is 1. The number of ether oxygens (including phenoxy) is 2. The number of nitrogens with one attached hydrogen (secondary N) is 1. The third-order valence-electron chi connectivity index (χ3n) is 6.73. The lowest BCUT2D eigenvalue weighted by Crippen LogP contribution is -2.52. The fraction of sp³-hybridized carbons (Fsp3) is 0.333. The van der Waals surface area contributed by atoms with Gasteiger partial charge < -0.3 is 19.7 Å². The normalized spacial score (nSPS) is 12.6. The molecule has 3 aromatic rings. The monoisotopic (exact) mass is 601 g/mol. The van der Waals surface area contributed by atoms with Crippen molar-refractivity contribution in [2.24, 2.45) is 0 Å². The maximum Gasteiger partial charge on any atom is 0.264 e. The van der Waals surface area contributed by atoms with Crippen molar-refractivity contribution in [3.8, 4) is 11.5 Å². The van der Waals surface area contributed by atoms with Crippen LogP contribution in [0.3, 0.4) is 0 Å². The molecule has 9 nitrogen and oxygen atoms in total. The van der Waals surface area contributed by atoms with E-state index in [4.69, 9.17) is 21.1 Å². The van der Waals surface area contributed by atoms with Crippen LogP contribution >= 0.6 is 11.6 Å². The number of nitrogens with zero attached hydrogens (tertiary/aromatic N) is 2. The van der Waals surface area contributed by atoms with E-state index in [9.17, 15) is 18.0 Å². The first-order valence-corrected chi connectivity index (χ1v) is 15.0. The first kappa shape index (κ1) is 31.8. The van der Waals surface area contributed by atoms with Crippen molar-refractivity contribution in [1.29, 1.82) is 0 Å². The van der Waals surface area contributed by atoms with Crippen LogP contribution in [0, 0.1) is 0 Å². The molecular weight excluding hydrogens is 566 g/mol. The van der Waals surface area contributed by atoms with Gasteiger partial charge in [-0.25, -0.2) is 8.42 Å². The highest BCUT2D eigenvalue weighted by molar-refractivity contribution is 7.92. The molecule has 3 aromatic carbocycles. The molecule has 0 fully saturated rings. The Morgan fingerprint density at radius 2 is 1.61 bits per heavy atom. The number of hydrogen-bond donors (Lipinski definition) is 1. The van der Waals surface area contributed by atoms with E-state index in [0.717, 1.165) is 4.31 Å². The summed E-state index contributed by atoms with van der Waals surface area (Å²) in [5.41, 5.74) is 0.723. The minimum atomic E-state index is -4.27. The summed E-state index contributed by atoms with van der Waals surface area (Å²) >= 11 is 6.42. The maximum absolute atomic E-state index is 14.1. The van der Waals surface area contributed by atoms with E-state index in [0.29, 0.717) is 22.8 Å². The van der Waals surface area contributed by atoms with Crippen LogP contribution in [0.2, 0.25) is 5.02 Å². The summed E-state index contributed by atoms with van der Waals surface area (Å²) in [4.78, 5) is 28.6. The largest absolute Gasteiger partial charge is 0.497 e. The summed E-state index contributed by atoms with van der Waals surface area (Å²) in [5, 5.41) is 3.32. The highest BCUT2D eigenvalue weighted by Gasteiger charge is 2.34. The molecule has 0 aromatic heterocycles. The molecule has 11 heteroatoms. The van der Waals surface area contributed by atoms with Crippen molar-refractivity contribution < 1.29 is 27.5 Å². The van der Waals surface area contributed by atoms with Crippen molar-refractivity contribution in [3.63, 3.8) is 0 Å². The average molecular weight is 602 g/mol. The second kappa shape index (κ2) is 14.2. The molecule has 0 heterocycles. The molecule has 0 aliphatic carbocycles. The van der Waals surface area contributed by atoms with Gasteiger partial charge in [-0.05, 0) is 56.2 Å². The molecule has 0 saturated carbocycles. The van der Waals surface area contributed by atoms with Crippen LogP contribution in [0.4, 0.5) is 5.69 Å². The lowest BCUT2D eigenvalue weighted by Gasteiger charge is -2.33. The molecule has 2 amide bonds. The minimum absolute atomic E-state index is 0.0118. The zero-order valence-electron chi connectivity index (χ0n) is 23.8. The summed E-state index contributed by atoms with van der Waals surface area (Å²) in [6, 6.07) is 18.4. The highest BCUT2D eigenvalue weighted by atomic mass is 35.5. The lowest BCUT2D eigenvalue weighted by atomic mass is 10.1. The molecule has 0 saturated heterocycles. The Bertz CT molecular complexity index is 1450. The van der Waals surface area contributed by atoms with E-state index in [-0.39, 0.29) is 34.8 Å². The number of amides is 2. The summed E-state index contributed by atoms with van der Waals surface area (Å²) in [7, 11) is -1.40. The van der Waals surface area contributed by atoms with Crippen molar-refractivity contribution >= 4 is 39.1 Å². The van der Waals surface area contributed by atoms with E-state index in [1.807, 2.05) is 13.8 Å². The predicted octanol–water partition coefficient (Wildman–Crippen LogP) is 4.88. The van der Waals surface area contributed by atoms with E-state index >= 15 is 0 Å². The van der Waals surface area contributed by atoms with E-state index in [1.54, 1.807) is 61.5 Å². The van der Waals surface area contributed by atoms with Gasteiger partial charge in [0.05, 0.1) is 24.8 Å². The highest BCUT2D eigenvalue weighted by Crippen LogP contribution is 2.36. The summed E-state index contributed by atoms with van der Waals surface area (Å²) in [6.07, 6.45) is 0.704. The van der Waals surface area contributed by atoms with Crippen LogP contribution < -0.4 is 19.1 Å². The summed E-state index contributed by atoms with van der Waals surface area (Å²) in [6.45, 7) is 4.78. The Balaban J connectivity index is 2.11. The van der Waals surface area contributed by atoms with Crippen molar-refractivity contribution in [1.82, 2.24) is 10.2 Å². The molecular formula is C30H36ClN3O6S. The van der Waals surface area contributed by atoms with Crippen LogP contribution in [0.25, 0.3) is 0 Å². The number of rotatable bonds is 13. The van der Waals surface area contributed by atoms with Gasteiger partial charge in [0.2, 0.25) is 11.8 Å². The van der Waals surface area contributed by atoms with Crippen LogP contribution in [0.5, 0.6) is 11.5 Å². The molecule has 1 N–H and O–H groups in total. The molecule has 0 aliphatic rings. The number of carbonyl (C=O) groups excluding carboxylic acids is 2. The van der Waals surface area contributed by atoms with Gasteiger partial charge in [0.25, 0.3) is 10.0 Å². The quantitative estimate of drug-likeness (QED) is 0.299. The molecule has 2 unspecified atom stereocenters. The second-order valence-corrected chi connectivity index (χ2v) is 11.7. The lowest BCUT2D eigenvalue weighted by molar-refractivity contribution is -0.139. The summed E-state index contributed by atoms with van der Waals surface area (Å²) < 4.78 is 39.8. The van der Waals surface area contributed by atoms with Gasteiger partial charge in [-0.15, -0.1) is 0 Å². The number of anilines is 1. The van der Waals surface area contributed by atoms with Gasteiger partial charge in [0.1, 0.15) is 24.1 Å². The second-order valence-electron chi connectivity index (χ2n) is 9.47. The van der Waals surface area contributed by atoms with Gasteiger partial charge in [0.15, 0.2) is 0 Å². The van der Waals surface area contributed by atoms with Gasteiger partial charge in [-0.3, -0.25) is 13.9 Å². The smallest absolute Gasteiger partial charge is 0.264 e. The Hall–Kier alpha value is -3.76. The summed E-state index contributed by atoms with van der Waals surface area (Å²) in [5.74, 6) is -0.383. The molecule has 0 bridgehead atoms. The first-order valence-electron chi connectivity index (χ1n) is 13.2. The third-order valence-corrected chi connectivity index (χ3v) is 8.87. The number of carbonyl (C=O) groups is 2. The SMILES string of the molecule is CCC(C)NC(=O)C(C)N(Cc1ccccc1Cl)C(=O)CN(c1cc(OC)ccc1OC)S(=O)(=O)c1ccccc1. The predicted molar refractivity (Wildman–Crippen MR) is 160 cm³/mol. The standard InChI is InChI=1S/C30H36ClN3O6S/c1-6-21(2)32-30(36)22(3)33(19-23-12-10-11-15-26(23)31)29(35)20-34(41(37,38)25-13-8-7-9-14-25)27-18-24(39-4)16-17-28(27)40-5/h7-18,21-22H,6,19-20H2,1-5H3,(H,32,36). The average Bonchev–Trinajstić information content (AvgIpc) is 2.98. The van der Waals surface area contributed by atoms with Gasteiger partial charge in [-0.1, -0.05) is 54.9 Å². The topological polar surface area (TPSA) is 105 Å². The van der Waals surface area contributed by atoms with Crippen LogP contribution in [0.1, 0.15) is 32.8 Å². The van der Waals surface area contributed by atoms with Crippen LogP contribution in [-0.4, -0.2) is 58.0 Å². The number of benzene rings is 3. The molecule has 220 valence electrons.